The predicted octanol–water partition coefficient (Wildman–Crippen LogP) is 10.3. The van der Waals surface area contributed by atoms with E-state index in [1.807, 2.05) is 0 Å². The second-order valence-corrected chi connectivity index (χ2v) is 18.6. The lowest BCUT2D eigenvalue weighted by Crippen LogP contribution is -2.60. The summed E-state index contributed by atoms with van der Waals surface area (Å²) in [6, 6.07) is -1.20. The van der Waals surface area contributed by atoms with Gasteiger partial charge in [0, 0.05) is 0 Å². The summed E-state index contributed by atoms with van der Waals surface area (Å²) < 4.78 is 11.1. The summed E-state index contributed by atoms with van der Waals surface area (Å²) in [6.45, 7) is 3.40. The van der Waals surface area contributed by atoms with Crippen molar-refractivity contribution in [2.75, 3.05) is 13.2 Å². The molecule has 0 aromatic rings. The molecule has 11 heteroatoms. The zero-order valence-corrected chi connectivity index (χ0v) is 41.7. The molecule has 9 atom stereocenters. The highest BCUT2D eigenvalue weighted by molar-refractivity contribution is 5.80. The molecule has 0 aromatic carbocycles. The van der Waals surface area contributed by atoms with E-state index in [0.29, 0.717) is 19.3 Å². The van der Waals surface area contributed by atoms with Crippen LogP contribution in [0.25, 0.3) is 0 Å². The monoisotopic (exact) mass is 934 g/mol. The average molecular weight is 934 g/mol. The minimum Gasteiger partial charge on any atom is -0.394 e. The van der Waals surface area contributed by atoms with Crippen molar-refractivity contribution in [3.05, 3.63) is 60.8 Å². The van der Waals surface area contributed by atoms with Gasteiger partial charge in [-0.05, 0) is 96.3 Å². The second kappa shape index (κ2) is 44.0. The molecular formula is C55H99NO10. The van der Waals surface area contributed by atoms with Crippen molar-refractivity contribution in [1.29, 1.82) is 0 Å². The number of hydrogen-bond acceptors (Lipinski definition) is 10. The lowest BCUT2D eigenvalue weighted by Gasteiger charge is -2.40. The Bertz CT molecular complexity index is 1250. The van der Waals surface area contributed by atoms with Gasteiger partial charge in [0.1, 0.15) is 36.6 Å². The molecule has 8 N–H and O–H groups in total. The average Bonchev–Trinajstić information content (AvgIpc) is 3.32. The Morgan fingerprint density at radius 1 is 0.530 bits per heavy atom. The van der Waals surface area contributed by atoms with Crippen LogP contribution in [0.2, 0.25) is 0 Å². The van der Waals surface area contributed by atoms with Gasteiger partial charge in [0.25, 0.3) is 0 Å². The number of aliphatic hydroxyl groups excluding tert-OH is 7. The number of nitrogens with one attached hydrogen (secondary N) is 1. The third kappa shape index (κ3) is 32.5. The summed E-state index contributed by atoms with van der Waals surface area (Å²) >= 11 is 0. The van der Waals surface area contributed by atoms with Crippen LogP contribution in [-0.4, -0.2) is 110 Å². The molecule has 0 radical (unpaired) electrons. The third-order valence-electron chi connectivity index (χ3n) is 12.5. The highest BCUT2D eigenvalue weighted by Gasteiger charge is 2.44. The third-order valence-corrected chi connectivity index (χ3v) is 12.5. The molecule has 384 valence electrons. The standard InChI is InChI=1S/C55H99NO10/c1-3-5-7-9-11-13-15-17-19-21-22-23-24-25-27-29-31-33-35-37-39-41-43-48(59)54(64)56-46(45-65-55-53(63)52(62)51(61)49(44-57)66-55)50(60)47(58)42-40-38-36-34-32-30-28-26-20-18-16-14-12-10-8-6-4-2/h14,16,22-23,25-28,34,36,46-53,55,57-63H,3-13,15,17-21,24,29-33,35,37-45H2,1-2H3,(H,56,64)/b16-14+,23-22-,27-25-,28-26+,36-34+. The first kappa shape index (κ1) is 61.8. The largest absolute Gasteiger partial charge is 0.394 e. The number of hydrogen-bond donors (Lipinski definition) is 8. The summed E-state index contributed by atoms with van der Waals surface area (Å²) in [7, 11) is 0. The first-order valence-electron chi connectivity index (χ1n) is 26.7. The van der Waals surface area contributed by atoms with Crippen LogP contribution in [0, 0.1) is 0 Å². The number of allylic oxidation sites excluding steroid dienone is 10. The number of unbranched alkanes of at least 4 members (excludes halogenated alkanes) is 22. The van der Waals surface area contributed by atoms with Crippen LogP contribution in [0.4, 0.5) is 0 Å². The Kier molecular flexibility index (Phi) is 41.3. The van der Waals surface area contributed by atoms with Crippen molar-refractivity contribution < 1.29 is 50.0 Å². The molecule has 0 bridgehead atoms. The van der Waals surface area contributed by atoms with Gasteiger partial charge in [0.15, 0.2) is 6.29 Å². The zero-order chi connectivity index (χ0) is 48.3. The van der Waals surface area contributed by atoms with Crippen molar-refractivity contribution >= 4 is 5.91 Å². The second-order valence-electron chi connectivity index (χ2n) is 18.6. The highest BCUT2D eigenvalue weighted by Crippen LogP contribution is 2.23. The number of carbonyl (C=O) groups is 1. The Balaban J connectivity index is 2.41. The van der Waals surface area contributed by atoms with Crippen molar-refractivity contribution in [2.45, 2.75) is 268 Å². The van der Waals surface area contributed by atoms with E-state index in [9.17, 15) is 40.5 Å². The molecular weight excluding hydrogens is 835 g/mol. The van der Waals surface area contributed by atoms with E-state index in [2.05, 4.69) is 79.9 Å². The molecule has 1 aliphatic heterocycles. The summed E-state index contributed by atoms with van der Waals surface area (Å²) in [4.78, 5) is 13.1. The maximum atomic E-state index is 13.1. The topological polar surface area (TPSA) is 189 Å². The fraction of sp³-hybridized carbons (Fsp3) is 0.800. The van der Waals surface area contributed by atoms with Gasteiger partial charge in [0.05, 0.1) is 25.4 Å². The van der Waals surface area contributed by atoms with Gasteiger partial charge in [-0.25, -0.2) is 0 Å². The molecule has 1 fully saturated rings. The smallest absolute Gasteiger partial charge is 0.249 e. The van der Waals surface area contributed by atoms with Crippen molar-refractivity contribution in [3.8, 4) is 0 Å². The number of aliphatic hydroxyl groups is 7. The maximum absolute atomic E-state index is 13.1. The van der Waals surface area contributed by atoms with Gasteiger partial charge in [-0.1, -0.05) is 177 Å². The number of amides is 1. The first-order chi connectivity index (χ1) is 32.2. The SMILES string of the molecule is CCCCCC/C=C/CC/C=C/CC/C=C/CCCC(O)C(O)C(COC1OC(CO)C(O)C(O)C1O)NC(=O)C(O)CCCCCCCC/C=C\C/C=C\CCCCCCCCCCC. The molecule has 0 aromatic heterocycles. The van der Waals surface area contributed by atoms with E-state index in [0.717, 1.165) is 70.6 Å². The van der Waals surface area contributed by atoms with E-state index in [4.69, 9.17) is 9.47 Å². The van der Waals surface area contributed by atoms with Crippen LogP contribution in [0.3, 0.4) is 0 Å². The van der Waals surface area contributed by atoms with Gasteiger partial charge < -0.3 is 50.5 Å². The minimum atomic E-state index is -1.68. The maximum Gasteiger partial charge on any atom is 0.249 e. The summed E-state index contributed by atoms with van der Waals surface area (Å²) in [5, 5.41) is 75.9. The Labute approximate surface area is 401 Å². The molecule has 0 saturated carbocycles. The predicted molar refractivity (Wildman–Crippen MR) is 270 cm³/mol. The zero-order valence-electron chi connectivity index (χ0n) is 41.7. The number of rotatable bonds is 44. The van der Waals surface area contributed by atoms with Crippen LogP contribution < -0.4 is 5.32 Å². The summed E-state index contributed by atoms with van der Waals surface area (Å²) in [5.41, 5.74) is 0. The van der Waals surface area contributed by atoms with Gasteiger partial charge in [-0.2, -0.15) is 0 Å². The van der Waals surface area contributed by atoms with Crippen molar-refractivity contribution in [3.63, 3.8) is 0 Å². The minimum absolute atomic E-state index is 0.235. The molecule has 1 aliphatic rings. The van der Waals surface area contributed by atoms with E-state index in [1.54, 1.807) is 0 Å². The number of ether oxygens (including phenoxy) is 2. The highest BCUT2D eigenvalue weighted by atomic mass is 16.7. The van der Waals surface area contributed by atoms with Crippen LogP contribution >= 0.6 is 0 Å². The fourth-order valence-electron chi connectivity index (χ4n) is 8.09. The molecule has 0 spiro atoms. The van der Waals surface area contributed by atoms with Gasteiger partial charge in [0.2, 0.25) is 5.91 Å². The molecule has 66 heavy (non-hydrogen) atoms. The van der Waals surface area contributed by atoms with Crippen LogP contribution in [0.1, 0.15) is 213 Å². The van der Waals surface area contributed by atoms with Crippen molar-refractivity contribution in [1.82, 2.24) is 5.32 Å². The van der Waals surface area contributed by atoms with Crippen molar-refractivity contribution in [2.24, 2.45) is 0 Å². The van der Waals surface area contributed by atoms with E-state index in [1.165, 1.54) is 96.3 Å². The molecule has 9 unspecified atom stereocenters. The lowest BCUT2D eigenvalue weighted by atomic mass is 9.98. The summed E-state index contributed by atoms with van der Waals surface area (Å²) in [6.07, 6.45) is 44.1. The molecule has 1 heterocycles. The normalized spacial score (nSPS) is 21.3. The van der Waals surface area contributed by atoms with E-state index < -0.39 is 74.2 Å². The molecule has 11 nitrogen and oxygen atoms in total. The lowest BCUT2D eigenvalue weighted by molar-refractivity contribution is -0.303. The van der Waals surface area contributed by atoms with Gasteiger partial charge >= 0.3 is 0 Å². The molecule has 1 amide bonds. The Morgan fingerprint density at radius 3 is 1.45 bits per heavy atom. The van der Waals surface area contributed by atoms with Crippen LogP contribution in [-0.2, 0) is 14.3 Å². The molecule has 1 rings (SSSR count). The van der Waals surface area contributed by atoms with Gasteiger partial charge in [-0.3, -0.25) is 4.79 Å². The molecule has 1 saturated heterocycles. The first-order valence-corrected chi connectivity index (χ1v) is 26.7. The quantitative estimate of drug-likeness (QED) is 0.0216. The fourth-order valence-corrected chi connectivity index (χ4v) is 8.09. The summed E-state index contributed by atoms with van der Waals surface area (Å²) in [5.74, 6) is -0.722. The van der Waals surface area contributed by atoms with Crippen LogP contribution in [0.15, 0.2) is 60.8 Å². The Hall–Kier alpha value is -2.19. The van der Waals surface area contributed by atoms with E-state index in [-0.39, 0.29) is 12.8 Å². The van der Waals surface area contributed by atoms with Crippen LogP contribution in [0.5, 0.6) is 0 Å². The Morgan fingerprint density at radius 2 is 0.955 bits per heavy atom. The number of carbonyl (C=O) groups excluding carboxylic acids is 1. The molecule has 0 aliphatic carbocycles. The van der Waals surface area contributed by atoms with E-state index >= 15 is 0 Å². The van der Waals surface area contributed by atoms with Gasteiger partial charge in [-0.15, -0.1) is 0 Å².